The minimum atomic E-state index is 0.476. The Labute approximate surface area is 85.2 Å². The number of rotatable bonds is 2. The van der Waals surface area contributed by atoms with Gasteiger partial charge in [-0.15, -0.1) is 0 Å². The van der Waals surface area contributed by atoms with Gasteiger partial charge in [-0.05, 0) is 50.0 Å². The van der Waals surface area contributed by atoms with Crippen molar-refractivity contribution in [2.24, 2.45) is 5.92 Å². The van der Waals surface area contributed by atoms with E-state index in [1.54, 1.807) is 6.07 Å². The van der Waals surface area contributed by atoms with Crippen molar-refractivity contribution in [2.75, 3.05) is 20.6 Å². The maximum Gasteiger partial charge on any atom is 0.119 e. The molecule has 1 aliphatic rings. The number of phenolic OH excluding ortho intramolecular Hbond substituents is 1. The van der Waals surface area contributed by atoms with Crippen LogP contribution in [0.25, 0.3) is 0 Å². The SMILES string of the molecule is CN(C)CC1Cc2cccc(O)c2C1. The molecular weight excluding hydrogens is 174 g/mol. The molecule has 0 heterocycles. The number of nitrogens with zero attached hydrogens (tertiary/aromatic N) is 1. The molecule has 14 heavy (non-hydrogen) atoms. The maximum absolute atomic E-state index is 9.67. The van der Waals surface area contributed by atoms with Gasteiger partial charge in [0.1, 0.15) is 5.75 Å². The van der Waals surface area contributed by atoms with Crippen LogP contribution in [0.1, 0.15) is 11.1 Å². The zero-order valence-corrected chi connectivity index (χ0v) is 8.83. The monoisotopic (exact) mass is 191 g/mol. The van der Waals surface area contributed by atoms with Crippen LogP contribution in [-0.2, 0) is 12.8 Å². The number of hydrogen-bond donors (Lipinski definition) is 1. The molecule has 1 aromatic carbocycles. The van der Waals surface area contributed by atoms with Gasteiger partial charge in [0, 0.05) is 6.54 Å². The van der Waals surface area contributed by atoms with E-state index in [4.69, 9.17) is 0 Å². The van der Waals surface area contributed by atoms with E-state index in [0.717, 1.165) is 19.4 Å². The largest absolute Gasteiger partial charge is 0.508 e. The Kier molecular flexibility index (Phi) is 2.46. The van der Waals surface area contributed by atoms with Crippen molar-refractivity contribution in [2.45, 2.75) is 12.8 Å². The van der Waals surface area contributed by atoms with Crippen LogP contribution in [0.4, 0.5) is 0 Å². The second-order valence-electron chi connectivity index (χ2n) is 4.45. The fourth-order valence-corrected chi connectivity index (χ4v) is 2.37. The van der Waals surface area contributed by atoms with Crippen LogP contribution < -0.4 is 0 Å². The molecule has 1 unspecified atom stereocenters. The molecule has 1 N–H and O–H groups in total. The molecule has 0 saturated heterocycles. The Hall–Kier alpha value is -1.02. The molecule has 0 aliphatic heterocycles. The first-order chi connectivity index (χ1) is 6.66. The lowest BCUT2D eigenvalue weighted by Gasteiger charge is -2.14. The molecule has 0 spiro atoms. The second kappa shape index (κ2) is 3.62. The molecule has 1 atom stereocenters. The van der Waals surface area contributed by atoms with Crippen molar-refractivity contribution in [3.63, 3.8) is 0 Å². The van der Waals surface area contributed by atoms with Crippen LogP contribution in [0.3, 0.4) is 0 Å². The van der Waals surface area contributed by atoms with Gasteiger partial charge in [0.15, 0.2) is 0 Å². The molecule has 1 aliphatic carbocycles. The van der Waals surface area contributed by atoms with Crippen molar-refractivity contribution in [3.8, 4) is 5.75 Å². The number of aromatic hydroxyl groups is 1. The predicted molar refractivity (Wildman–Crippen MR) is 57.6 cm³/mol. The number of fused-ring (bicyclic) bond motifs is 1. The molecule has 76 valence electrons. The summed E-state index contributed by atoms with van der Waals surface area (Å²) in [5.74, 6) is 1.15. The van der Waals surface area contributed by atoms with Crippen molar-refractivity contribution in [1.29, 1.82) is 0 Å². The lowest BCUT2D eigenvalue weighted by Crippen LogP contribution is -2.21. The third kappa shape index (κ3) is 1.75. The lowest BCUT2D eigenvalue weighted by atomic mass is 10.1. The van der Waals surface area contributed by atoms with E-state index >= 15 is 0 Å². The Morgan fingerprint density at radius 2 is 2.14 bits per heavy atom. The molecular formula is C12H17NO. The highest BCUT2D eigenvalue weighted by Crippen LogP contribution is 2.32. The molecule has 0 saturated carbocycles. The van der Waals surface area contributed by atoms with E-state index in [-0.39, 0.29) is 0 Å². The van der Waals surface area contributed by atoms with Crippen molar-refractivity contribution in [3.05, 3.63) is 29.3 Å². The number of benzene rings is 1. The summed E-state index contributed by atoms with van der Waals surface area (Å²) in [6, 6.07) is 5.85. The average molecular weight is 191 g/mol. The summed E-state index contributed by atoms with van der Waals surface area (Å²) >= 11 is 0. The van der Waals surface area contributed by atoms with E-state index in [9.17, 15) is 5.11 Å². The zero-order valence-electron chi connectivity index (χ0n) is 8.83. The van der Waals surface area contributed by atoms with Crippen LogP contribution in [-0.4, -0.2) is 30.6 Å². The molecule has 2 rings (SSSR count). The summed E-state index contributed by atoms with van der Waals surface area (Å²) in [4.78, 5) is 2.22. The molecule has 0 aromatic heterocycles. The first-order valence-electron chi connectivity index (χ1n) is 5.11. The molecule has 2 heteroatoms. The van der Waals surface area contributed by atoms with Crippen LogP contribution in [0.5, 0.6) is 5.75 Å². The van der Waals surface area contributed by atoms with Crippen LogP contribution in [0.15, 0.2) is 18.2 Å². The summed E-state index contributed by atoms with van der Waals surface area (Å²) in [5.41, 5.74) is 2.50. The Bertz CT molecular complexity index is 333. The highest BCUT2D eigenvalue weighted by atomic mass is 16.3. The maximum atomic E-state index is 9.67. The van der Waals surface area contributed by atoms with Gasteiger partial charge in [-0.2, -0.15) is 0 Å². The van der Waals surface area contributed by atoms with E-state index in [0.29, 0.717) is 11.7 Å². The Balaban J connectivity index is 2.14. The van der Waals surface area contributed by atoms with Crippen molar-refractivity contribution in [1.82, 2.24) is 4.90 Å². The van der Waals surface area contributed by atoms with Gasteiger partial charge in [0.2, 0.25) is 0 Å². The minimum absolute atomic E-state index is 0.476. The molecule has 0 bridgehead atoms. The summed E-state index contributed by atoms with van der Waals surface area (Å²) in [6.45, 7) is 1.11. The smallest absolute Gasteiger partial charge is 0.119 e. The highest BCUT2D eigenvalue weighted by Gasteiger charge is 2.23. The van der Waals surface area contributed by atoms with Gasteiger partial charge in [-0.1, -0.05) is 12.1 Å². The third-order valence-electron chi connectivity index (χ3n) is 2.87. The third-order valence-corrected chi connectivity index (χ3v) is 2.87. The number of hydrogen-bond acceptors (Lipinski definition) is 2. The molecule has 0 amide bonds. The van der Waals surface area contributed by atoms with Gasteiger partial charge >= 0.3 is 0 Å². The van der Waals surface area contributed by atoms with Crippen LogP contribution in [0, 0.1) is 5.92 Å². The van der Waals surface area contributed by atoms with Gasteiger partial charge in [0.05, 0.1) is 0 Å². The molecule has 0 radical (unpaired) electrons. The first kappa shape index (κ1) is 9.53. The fourth-order valence-electron chi connectivity index (χ4n) is 2.37. The summed E-state index contributed by atoms with van der Waals surface area (Å²) in [7, 11) is 4.20. The standard InChI is InChI=1S/C12H17NO/c1-13(2)8-9-6-10-4-3-5-12(14)11(10)7-9/h3-5,9,14H,6-8H2,1-2H3. The number of phenols is 1. The molecule has 2 nitrogen and oxygen atoms in total. The topological polar surface area (TPSA) is 23.5 Å². The molecule has 0 fully saturated rings. The van der Waals surface area contributed by atoms with Crippen LogP contribution in [0.2, 0.25) is 0 Å². The minimum Gasteiger partial charge on any atom is -0.508 e. The summed E-state index contributed by atoms with van der Waals surface area (Å²) < 4.78 is 0. The summed E-state index contributed by atoms with van der Waals surface area (Å²) in [6.07, 6.45) is 2.14. The fraction of sp³-hybridized carbons (Fsp3) is 0.500. The van der Waals surface area contributed by atoms with Crippen LogP contribution >= 0.6 is 0 Å². The van der Waals surface area contributed by atoms with Gasteiger partial charge < -0.3 is 10.0 Å². The normalized spacial score (nSPS) is 20.1. The van der Waals surface area contributed by atoms with Crippen molar-refractivity contribution >= 4 is 0 Å². The average Bonchev–Trinajstić information content (AvgIpc) is 2.47. The lowest BCUT2D eigenvalue weighted by molar-refractivity contribution is 0.331. The quantitative estimate of drug-likeness (QED) is 0.768. The Morgan fingerprint density at radius 3 is 2.79 bits per heavy atom. The Morgan fingerprint density at radius 1 is 1.36 bits per heavy atom. The van der Waals surface area contributed by atoms with E-state index in [2.05, 4.69) is 25.1 Å². The van der Waals surface area contributed by atoms with Gasteiger partial charge in [0.25, 0.3) is 0 Å². The molecule has 1 aromatic rings. The second-order valence-corrected chi connectivity index (χ2v) is 4.45. The first-order valence-corrected chi connectivity index (χ1v) is 5.11. The van der Waals surface area contributed by atoms with Gasteiger partial charge in [-0.25, -0.2) is 0 Å². The highest BCUT2D eigenvalue weighted by molar-refractivity contribution is 5.42. The van der Waals surface area contributed by atoms with Crippen molar-refractivity contribution < 1.29 is 5.11 Å². The van der Waals surface area contributed by atoms with Gasteiger partial charge in [-0.3, -0.25) is 0 Å². The predicted octanol–water partition coefficient (Wildman–Crippen LogP) is 1.67. The van der Waals surface area contributed by atoms with E-state index in [1.807, 2.05) is 6.07 Å². The van der Waals surface area contributed by atoms with E-state index in [1.165, 1.54) is 11.1 Å². The summed E-state index contributed by atoms with van der Waals surface area (Å²) in [5, 5.41) is 9.67. The zero-order chi connectivity index (χ0) is 10.1. The van der Waals surface area contributed by atoms with E-state index < -0.39 is 0 Å².